The summed E-state index contributed by atoms with van der Waals surface area (Å²) in [5.41, 5.74) is 4.84. The summed E-state index contributed by atoms with van der Waals surface area (Å²) in [6.45, 7) is 4.14. The molecule has 1 aliphatic carbocycles. The van der Waals surface area contributed by atoms with Crippen LogP contribution in [0.1, 0.15) is 12.8 Å². The van der Waals surface area contributed by atoms with Crippen molar-refractivity contribution in [1.29, 1.82) is 0 Å². The summed E-state index contributed by atoms with van der Waals surface area (Å²) in [5, 5.41) is 3.42. The Morgan fingerprint density at radius 1 is 1.38 bits per heavy atom. The first-order valence-corrected chi connectivity index (χ1v) is 5.75. The van der Waals surface area contributed by atoms with Crippen LogP contribution < -0.4 is 10.2 Å². The Morgan fingerprint density at radius 2 is 2.19 bits per heavy atom. The van der Waals surface area contributed by atoms with Crippen LogP contribution >= 0.6 is 0 Å². The first-order chi connectivity index (χ1) is 7.77. The molecule has 1 heterocycles. The van der Waals surface area contributed by atoms with Gasteiger partial charge < -0.3 is 10.2 Å². The summed E-state index contributed by atoms with van der Waals surface area (Å²) in [4.78, 5) is 2.36. The van der Waals surface area contributed by atoms with Crippen molar-refractivity contribution >= 4 is 11.4 Å². The van der Waals surface area contributed by atoms with Gasteiger partial charge in [0, 0.05) is 12.7 Å². The van der Waals surface area contributed by atoms with Crippen LogP contribution in [0, 0.1) is 0 Å². The Bertz CT molecular complexity index is 473. The van der Waals surface area contributed by atoms with Crippen molar-refractivity contribution in [2.45, 2.75) is 18.9 Å². The normalized spacial score (nSPS) is 23.1. The van der Waals surface area contributed by atoms with Gasteiger partial charge in [-0.2, -0.15) is 0 Å². The van der Waals surface area contributed by atoms with Gasteiger partial charge in [-0.15, -0.1) is 0 Å². The Balaban J connectivity index is 2.13. The highest BCUT2D eigenvalue weighted by molar-refractivity contribution is 5.76. The van der Waals surface area contributed by atoms with Crippen LogP contribution in [0.3, 0.4) is 0 Å². The number of rotatable bonds is 0. The van der Waals surface area contributed by atoms with E-state index < -0.39 is 0 Å². The predicted molar refractivity (Wildman–Crippen MR) is 68.7 cm³/mol. The van der Waals surface area contributed by atoms with E-state index in [1.807, 2.05) is 0 Å². The fourth-order valence-electron chi connectivity index (χ4n) is 2.70. The van der Waals surface area contributed by atoms with Crippen molar-refractivity contribution in [3.63, 3.8) is 0 Å². The molecule has 1 atom stereocenters. The molecular weight excluding hydrogens is 196 g/mol. The van der Waals surface area contributed by atoms with E-state index in [4.69, 9.17) is 0 Å². The number of allylic oxidation sites excluding steroid dienone is 1. The second kappa shape index (κ2) is 3.41. The molecule has 3 rings (SSSR count). The third kappa shape index (κ3) is 1.26. The summed E-state index contributed by atoms with van der Waals surface area (Å²) < 4.78 is 0. The lowest BCUT2D eigenvalue weighted by Gasteiger charge is -2.27. The van der Waals surface area contributed by atoms with Gasteiger partial charge in [0.25, 0.3) is 0 Å². The summed E-state index contributed by atoms with van der Waals surface area (Å²) >= 11 is 0. The van der Waals surface area contributed by atoms with Gasteiger partial charge in [0.05, 0.1) is 17.4 Å². The van der Waals surface area contributed by atoms with Gasteiger partial charge in [0.1, 0.15) is 0 Å². The summed E-state index contributed by atoms with van der Waals surface area (Å²) in [7, 11) is 2.17. The first-order valence-electron chi connectivity index (χ1n) is 5.75. The number of likely N-dealkylation sites (N-methyl/N-ethyl adjacent to an activating group) is 1. The number of benzene rings is 1. The molecule has 0 saturated heterocycles. The maximum Gasteiger partial charge on any atom is 0.0622 e. The number of para-hydroxylation sites is 2. The van der Waals surface area contributed by atoms with Crippen LogP contribution in [0.5, 0.6) is 0 Å². The molecular formula is C14H16N2. The van der Waals surface area contributed by atoms with Crippen LogP contribution in [0.25, 0.3) is 0 Å². The van der Waals surface area contributed by atoms with E-state index in [2.05, 4.69) is 54.2 Å². The molecule has 1 aliphatic heterocycles. The molecule has 0 fully saturated rings. The topological polar surface area (TPSA) is 15.3 Å². The smallest absolute Gasteiger partial charge is 0.0622 e. The molecule has 0 saturated carbocycles. The van der Waals surface area contributed by atoms with Crippen LogP contribution in [0.4, 0.5) is 11.4 Å². The van der Waals surface area contributed by atoms with Crippen LogP contribution in [-0.4, -0.2) is 13.1 Å². The monoisotopic (exact) mass is 212 g/mol. The van der Waals surface area contributed by atoms with E-state index in [0.29, 0.717) is 6.04 Å². The van der Waals surface area contributed by atoms with Gasteiger partial charge in [-0.1, -0.05) is 24.8 Å². The minimum atomic E-state index is 0.489. The second-order valence-corrected chi connectivity index (χ2v) is 4.48. The zero-order chi connectivity index (χ0) is 11.1. The van der Waals surface area contributed by atoms with E-state index in [0.717, 1.165) is 17.8 Å². The third-order valence-corrected chi connectivity index (χ3v) is 3.55. The molecule has 2 nitrogen and oxygen atoms in total. The number of hydrogen-bond acceptors (Lipinski definition) is 2. The Morgan fingerprint density at radius 3 is 3.06 bits per heavy atom. The predicted octanol–water partition coefficient (Wildman–Crippen LogP) is 3.15. The molecule has 0 bridgehead atoms. The molecule has 1 aromatic rings. The van der Waals surface area contributed by atoms with Crippen LogP contribution in [0.15, 0.2) is 48.2 Å². The van der Waals surface area contributed by atoms with Crippen molar-refractivity contribution in [1.82, 2.24) is 0 Å². The molecule has 82 valence electrons. The minimum Gasteiger partial charge on any atom is -0.366 e. The zero-order valence-corrected chi connectivity index (χ0v) is 9.53. The Labute approximate surface area is 96.3 Å². The first kappa shape index (κ1) is 9.52. The SMILES string of the molecule is C=C1Nc2ccccc2N(C)C2CCC=C12. The van der Waals surface area contributed by atoms with Gasteiger partial charge in [-0.05, 0) is 30.5 Å². The largest absolute Gasteiger partial charge is 0.366 e. The highest BCUT2D eigenvalue weighted by Crippen LogP contribution is 2.38. The number of fused-ring (bicyclic) bond motifs is 2. The fraction of sp³-hybridized carbons (Fsp3) is 0.286. The second-order valence-electron chi connectivity index (χ2n) is 4.48. The number of anilines is 2. The van der Waals surface area contributed by atoms with E-state index >= 15 is 0 Å². The molecule has 16 heavy (non-hydrogen) atoms. The lowest BCUT2D eigenvalue weighted by molar-refractivity contribution is 0.709. The van der Waals surface area contributed by atoms with Crippen LogP contribution in [0.2, 0.25) is 0 Å². The number of hydrogen-bond donors (Lipinski definition) is 1. The molecule has 2 heteroatoms. The van der Waals surface area contributed by atoms with E-state index in [1.54, 1.807) is 0 Å². The van der Waals surface area contributed by atoms with Crippen molar-refractivity contribution < 1.29 is 0 Å². The summed E-state index contributed by atoms with van der Waals surface area (Å²) in [5.74, 6) is 0. The minimum absolute atomic E-state index is 0.489. The fourth-order valence-corrected chi connectivity index (χ4v) is 2.70. The summed E-state index contributed by atoms with van der Waals surface area (Å²) in [6.07, 6.45) is 4.66. The average Bonchev–Trinajstić information content (AvgIpc) is 2.74. The maximum absolute atomic E-state index is 4.14. The Hall–Kier alpha value is -1.70. The average molecular weight is 212 g/mol. The Kier molecular flexibility index (Phi) is 2.03. The van der Waals surface area contributed by atoms with Gasteiger partial charge in [0.2, 0.25) is 0 Å². The lowest BCUT2D eigenvalue weighted by Crippen LogP contribution is -2.30. The van der Waals surface area contributed by atoms with Gasteiger partial charge in [0.15, 0.2) is 0 Å². The summed E-state index contributed by atoms with van der Waals surface area (Å²) in [6, 6.07) is 8.91. The van der Waals surface area contributed by atoms with Crippen molar-refractivity contribution in [3.8, 4) is 0 Å². The maximum atomic E-state index is 4.14. The molecule has 1 N–H and O–H groups in total. The standard InChI is InChI=1S/C14H16N2/c1-10-11-6-5-9-13(11)16(2)14-8-4-3-7-12(14)15-10/h3-4,6-8,13,15H,1,5,9H2,2H3. The van der Waals surface area contributed by atoms with Crippen molar-refractivity contribution in [2.75, 3.05) is 17.3 Å². The van der Waals surface area contributed by atoms with Crippen molar-refractivity contribution in [3.05, 3.63) is 48.2 Å². The quantitative estimate of drug-likeness (QED) is 0.710. The molecule has 0 radical (unpaired) electrons. The highest BCUT2D eigenvalue weighted by atomic mass is 15.2. The van der Waals surface area contributed by atoms with Gasteiger partial charge >= 0.3 is 0 Å². The number of nitrogens with zero attached hydrogens (tertiary/aromatic N) is 1. The molecule has 1 unspecified atom stereocenters. The lowest BCUT2D eigenvalue weighted by atomic mass is 10.1. The van der Waals surface area contributed by atoms with E-state index in [1.165, 1.54) is 17.7 Å². The molecule has 2 aliphatic rings. The third-order valence-electron chi connectivity index (χ3n) is 3.55. The highest BCUT2D eigenvalue weighted by Gasteiger charge is 2.29. The van der Waals surface area contributed by atoms with Crippen LogP contribution in [-0.2, 0) is 0 Å². The molecule has 0 amide bonds. The molecule has 0 aromatic heterocycles. The number of nitrogens with one attached hydrogen (secondary N) is 1. The zero-order valence-electron chi connectivity index (χ0n) is 9.53. The molecule has 0 spiro atoms. The molecule has 1 aromatic carbocycles. The van der Waals surface area contributed by atoms with E-state index in [9.17, 15) is 0 Å². The van der Waals surface area contributed by atoms with Gasteiger partial charge in [-0.25, -0.2) is 0 Å². The van der Waals surface area contributed by atoms with E-state index in [-0.39, 0.29) is 0 Å². The van der Waals surface area contributed by atoms with Crippen molar-refractivity contribution in [2.24, 2.45) is 0 Å². The van der Waals surface area contributed by atoms with Gasteiger partial charge in [-0.3, -0.25) is 0 Å².